The van der Waals surface area contributed by atoms with Gasteiger partial charge in [0.05, 0.1) is 19.3 Å². The SMILES string of the molecule is Cc1cc(C(C)(C)C)ccc1-c1[cH-]c2ccccc2c1[Si](C)(CCCCCCOC(C)(C)C)c1c(-c2ccc(C(C)(C)C)cc2C)[cH-]c2ccccc12.Cc1cc(C(C)(C)C)ccc1C1=Cc2ccccc2C1[Si](C)(CCCCCCOC(C)(C)C)C1C(c2ccc(C(C)(C)C)cc2C)=Cc2ccccc21.[Cl-].[Cl-].[Zr+4]. The van der Waals surface area contributed by atoms with Gasteiger partial charge in [-0.15, -0.1) is 67.3 Å². The molecule has 0 spiro atoms. The minimum Gasteiger partial charge on any atom is -1.00 e. The fourth-order valence-electron chi connectivity index (χ4n) is 17.9. The van der Waals surface area contributed by atoms with E-state index in [2.05, 4.69) is 360 Å². The van der Waals surface area contributed by atoms with E-state index >= 15 is 0 Å². The molecular formula is C102H130Cl2O2Si2Zr. The summed E-state index contributed by atoms with van der Waals surface area (Å²) in [6.07, 6.45) is 14.7. The van der Waals surface area contributed by atoms with Crippen molar-refractivity contribution in [3.63, 3.8) is 0 Å². The number of fused-ring (bicyclic) bond motifs is 4. The summed E-state index contributed by atoms with van der Waals surface area (Å²) in [7, 11) is -4.75. The molecule has 0 bridgehead atoms. The van der Waals surface area contributed by atoms with Crippen LogP contribution in [0.1, 0.15) is 265 Å². The van der Waals surface area contributed by atoms with Gasteiger partial charge in [-0.3, -0.25) is 0 Å². The van der Waals surface area contributed by atoms with E-state index in [1.165, 1.54) is 172 Å². The topological polar surface area (TPSA) is 18.5 Å². The van der Waals surface area contributed by atoms with Crippen molar-refractivity contribution >= 4 is 71.4 Å². The van der Waals surface area contributed by atoms with Gasteiger partial charge in [0, 0.05) is 32.4 Å². The van der Waals surface area contributed by atoms with Crippen molar-refractivity contribution in [2.45, 2.75) is 273 Å². The Labute approximate surface area is 694 Å². The molecule has 0 aromatic heterocycles. The first-order valence-corrected chi connectivity index (χ1v) is 46.1. The van der Waals surface area contributed by atoms with Crippen molar-refractivity contribution in [2.75, 3.05) is 13.2 Å². The van der Waals surface area contributed by atoms with E-state index in [4.69, 9.17) is 9.47 Å². The molecule has 10 aromatic rings. The van der Waals surface area contributed by atoms with Gasteiger partial charge in [-0.2, -0.15) is 0 Å². The normalized spacial score (nSPS) is 15.3. The minimum atomic E-state index is -2.46. The first-order chi connectivity index (χ1) is 49.8. The molecule has 109 heavy (non-hydrogen) atoms. The second-order valence-electron chi connectivity index (χ2n) is 38.6. The van der Waals surface area contributed by atoms with E-state index in [-0.39, 0.29) is 83.9 Å². The van der Waals surface area contributed by atoms with Crippen molar-refractivity contribution in [2.24, 2.45) is 0 Å². The average molecular weight is 1610 g/mol. The summed E-state index contributed by atoms with van der Waals surface area (Å²) in [5, 5.41) is 8.81. The number of ether oxygens (including phenoxy) is 2. The van der Waals surface area contributed by atoms with Crippen LogP contribution in [-0.2, 0) is 57.3 Å². The predicted octanol–water partition coefficient (Wildman–Crippen LogP) is 22.0. The van der Waals surface area contributed by atoms with Gasteiger partial charge in [0.1, 0.15) is 0 Å². The van der Waals surface area contributed by atoms with Gasteiger partial charge < -0.3 is 34.3 Å². The van der Waals surface area contributed by atoms with Crippen LogP contribution in [0.3, 0.4) is 0 Å². The van der Waals surface area contributed by atoms with Gasteiger partial charge in [0.25, 0.3) is 0 Å². The first kappa shape index (κ1) is 88.8. The number of aryl methyl sites for hydroxylation is 4. The largest absolute Gasteiger partial charge is 4.00 e. The van der Waals surface area contributed by atoms with Gasteiger partial charge in [-0.25, -0.2) is 0 Å². The molecule has 7 heteroatoms. The number of rotatable bonds is 22. The number of unbranched alkanes of at least 4 members (excludes halogenated alkanes) is 6. The van der Waals surface area contributed by atoms with Gasteiger partial charge in [-0.05, 0) is 182 Å². The van der Waals surface area contributed by atoms with Crippen molar-refractivity contribution in [3.05, 3.63) is 260 Å². The van der Waals surface area contributed by atoms with E-state index in [1.807, 2.05) is 0 Å². The zero-order chi connectivity index (χ0) is 76.7. The van der Waals surface area contributed by atoms with Gasteiger partial charge >= 0.3 is 26.2 Å². The van der Waals surface area contributed by atoms with Crippen molar-refractivity contribution in [1.29, 1.82) is 0 Å². The Bertz CT molecular complexity index is 4560. The van der Waals surface area contributed by atoms with Gasteiger partial charge in [0.2, 0.25) is 0 Å². The molecule has 2 atom stereocenters. The molecule has 0 N–H and O–H groups in total. The van der Waals surface area contributed by atoms with Gasteiger partial charge in [0.15, 0.2) is 0 Å². The van der Waals surface area contributed by atoms with Crippen molar-refractivity contribution in [3.8, 4) is 22.3 Å². The molecule has 0 amide bonds. The molecule has 2 aliphatic carbocycles. The van der Waals surface area contributed by atoms with E-state index in [0.717, 1.165) is 26.1 Å². The Hall–Kier alpha value is -5.72. The number of hydrogen-bond acceptors (Lipinski definition) is 2. The molecule has 2 aliphatic rings. The van der Waals surface area contributed by atoms with Crippen LogP contribution in [-0.4, -0.2) is 40.6 Å². The standard InChI is InChI=1S/C51H66OSi.C51H64OSi.2ClH.Zr/c2*1-35-31-39(49(3,4)5)25-27-41(35)45-33-37-21-15-17-23-43(37)47(45)53(12,30-20-14-13-19-29-52-51(9,10)11)48-44-24-18-16-22-38(44)34-46(48)42-28-26-40(32-36(42)2)50(6,7)8;;;/h15-18,21-28,31-34,47-48H,13-14,19-20,29-30H2,1-12H3;15-18,21-28,31-34H,13-14,19-20,29-30H2,1-12H3;2*1H;/q;-2;;;+4/p-2. The second kappa shape index (κ2) is 35.3. The molecule has 0 saturated carbocycles. The summed E-state index contributed by atoms with van der Waals surface area (Å²) in [6.45, 7) is 57.4. The second-order valence-corrected chi connectivity index (χ2v) is 47.4. The fourth-order valence-corrected chi connectivity index (χ4v) is 28.6. The Balaban J connectivity index is 0.000000267. The van der Waals surface area contributed by atoms with Crippen molar-refractivity contribution < 1.29 is 60.5 Å². The van der Waals surface area contributed by atoms with Crippen LogP contribution in [0, 0.1) is 27.7 Å². The number of hydrogen-bond donors (Lipinski definition) is 0. The smallest absolute Gasteiger partial charge is 1.00 e. The maximum Gasteiger partial charge on any atom is 4.00 e. The van der Waals surface area contributed by atoms with E-state index < -0.39 is 16.1 Å². The Kier molecular flexibility index (Phi) is 28.8. The average Bonchev–Trinajstić information content (AvgIpc) is 1.59. The molecule has 12 rings (SSSR count). The molecule has 2 unspecified atom stereocenters. The van der Waals surface area contributed by atoms with Crippen LogP contribution in [0.25, 0.3) is 67.1 Å². The summed E-state index contributed by atoms with van der Waals surface area (Å²) < 4.78 is 12.2. The summed E-state index contributed by atoms with van der Waals surface area (Å²) in [5.41, 5.74) is 29.7. The maximum atomic E-state index is 6.12. The Morgan fingerprint density at radius 3 is 0.982 bits per heavy atom. The van der Waals surface area contributed by atoms with Crippen LogP contribution in [0.4, 0.5) is 0 Å². The molecule has 0 heterocycles. The molecule has 0 radical (unpaired) electrons. The molecule has 2 nitrogen and oxygen atoms in total. The monoisotopic (exact) mass is 1600 g/mol. The summed E-state index contributed by atoms with van der Waals surface area (Å²) in [5.74, 6) is 0. The molecule has 0 fully saturated rings. The molecular weight excluding hydrogens is 1480 g/mol. The molecule has 576 valence electrons. The Morgan fingerprint density at radius 2 is 0.651 bits per heavy atom. The third-order valence-electron chi connectivity index (χ3n) is 23.7. The summed E-state index contributed by atoms with van der Waals surface area (Å²) >= 11 is 0. The van der Waals surface area contributed by atoms with Crippen molar-refractivity contribution in [1.82, 2.24) is 0 Å². The molecule has 0 saturated heterocycles. The summed E-state index contributed by atoms with van der Waals surface area (Å²) in [6, 6.07) is 73.8. The van der Waals surface area contributed by atoms with Crippen LogP contribution < -0.4 is 35.2 Å². The number of benzene rings is 8. The fraction of sp³-hybridized carbons (Fsp3) is 0.431. The molecule has 10 aromatic carbocycles. The van der Waals surface area contributed by atoms with E-state index in [9.17, 15) is 0 Å². The quantitative estimate of drug-likeness (QED) is 0.0382. The minimum absolute atomic E-state index is 0. The van der Waals surface area contributed by atoms with Crippen LogP contribution in [0.15, 0.2) is 182 Å². The van der Waals surface area contributed by atoms with E-state index in [0.29, 0.717) is 11.1 Å². The zero-order valence-electron chi connectivity index (χ0n) is 71.2. The predicted molar refractivity (Wildman–Crippen MR) is 471 cm³/mol. The first-order valence-electron chi connectivity index (χ1n) is 40.5. The third kappa shape index (κ3) is 20.1. The maximum absolute atomic E-state index is 6.12. The Morgan fingerprint density at radius 1 is 0.349 bits per heavy atom. The van der Waals surface area contributed by atoms with Crippen LogP contribution >= 0.6 is 0 Å². The van der Waals surface area contributed by atoms with Gasteiger partial charge in [-0.1, -0.05) is 339 Å². The number of halogens is 2. The number of allylic oxidation sites excluding steroid dienone is 2. The third-order valence-corrected chi connectivity index (χ3v) is 33.7. The van der Waals surface area contributed by atoms with Crippen LogP contribution in [0.2, 0.25) is 25.2 Å². The summed E-state index contributed by atoms with van der Waals surface area (Å²) in [4.78, 5) is 0. The molecule has 0 aliphatic heterocycles. The zero-order valence-corrected chi connectivity index (χ0v) is 77.2. The van der Waals surface area contributed by atoms with E-state index in [1.54, 1.807) is 21.5 Å². The van der Waals surface area contributed by atoms with Crippen LogP contribution in [0.5, 0.6) is 0 Å².